The van der Waals surface area contributed by atoms with Gasteiger partial charge in [0.05, 0.1) is 11.6 Å². The molecule has 20 heavy (non-hydrogen) atoms. The predicted octanol–water partition coefficient (Wildman–Crippen LogP) is 0.246. The monoisotopic (exact) mass is 316 g/mol. The summed E-state index contributed by atoms with van der Waals surface area (Å²) in [7, 11) is -3.18. The van der Waals surface area contributed by atoms with Crippen LogP contribution in [0.5, 0.6) is 0 Å². The molecule has 0 aliphatic heterocycles. The van der Waals surface area contributed by atoms with Gasteiger partial charge in [0, 0.05) is 18.0 Å². The van der Waals surface area contributed by atoms with Crippen molar-refractivity contribution in [1.82, 2.24) is 14.7 Å². The van der Waals surface area contributed by atoms with E-state index in [-0.39, 0.29) is 6.54 Å². The summed E-state index contributed by atoms with van der Waals surface area (Å²) in [5.74, 6) is 6.28. The van der Waals surface area contributed by atoms with Gasteiger partial charge < -0.3 is 5.32 Å². The molecule has 10 heteroatoms. The molecule has 2 rings (SSSR count). The van der Waals surface area contributed by atoms with E-state index < -0.39 is 10.0 Å². The largest absolute Gasteiger partial charge is 0.368 e. The molecule has 0 saturated heterocycles. The summed E-state index contributed by atoms with van der Waals surface area (Å²) in [4.78, 5) is 10.4. The van der Waals surface area contributed by atoms with Crippen LogP contribution in [0.1, 0.15) is 4.88 Å². The molecule has 0 atom stereocenters. The van der Waals surface area contributed by atoms with Gasteiger partial charge in [0.2, 0.25) is 16.0 Å². The molecule has 0 fully saturated rings. The van der Waals surface area contributed by atoms with Gasteiger partial charge in [-0.25, -0.2) is 24.0 Å². The van der Waals surface area contributed by atoms with Crippen molar-refractivity contribution in [3.8, 4) is 0 Å². The number of hydrogen-bond acceptors (Lipinski definition) is 8. The highest BCUT2D eigenvalue weighted by atomic mass is 32.2. The zero-order valence-corrected chi connectivity index (χ0v) is 12.7. The first kappa shape index (κ1) is 14.9. The predicted molar refractivity (Wildman–Crippen MR) is 81.3 cm³/mol. The van der Waals surface area contributed by atoms with E-state index in [9.17, 15) is 8.42 Å². The van der Waals surface area contributed by atoms with E-state index >= 15 is 0 Å². The number of hydrazine groups is 1. The van der Waals surface area contributed by atoms with Gasteiger partial charge in [-0.3, -0.25) is 5.43 Å². The number of nitrogens with two attached hydrogens (primary N) is 1. The van der Waals surface area contributed by atoms with Crippen LogP contribution in [0.2, 0.25) is 0 Å². The topological polar surface area (TPSA) is 122 Å². The molecule has 0 amide bonds. The van der Waals surface area contributed by atoms with Crippen LogP contribution >= 0.6 is 11.3 Å². The number of nitrogens with one attached hydrogen (secondary N) is 3. The Balaban J connectivity index is 2.15. The van der Waals surface area contributed by atoms with E-state index in [2.05, 4.69) is 25.4 Å². The lowest BCUT2D eigenvalue weighted by Gasteiger charge is -2.08. The zero-order valence-electron chi connectivity index (χ0n) is 11.1. The molecule has 0 unspecified atom stereocenters. The molecule has 2 heterocycles. The second kappa shape index (κ2) is 5.87. The molecule has 0 radical (unpaired) electrons. The molecular weight excluding hydrogens is 300 g/mol. The van der Waals surface area contributed by atoms with Crippen molar-refractivity contribution in [2.24, 2.45) is 5.84 Å². The number of rotatable bonds is 6. The highest BCUT2D eigenvalue weighted by molar-refractivity contribution is 7.88. The zero-order chi connectivity index (χ0) is 14.8. The molecule has 0 aliphatic rings. The number of hydrogen-bond donors (Lipinski definition) is 4. The maximum Gasteiger partial charge on any atom is 0.240 e. The van der Waals surface area contributed by atoms with Crippen LogP contribution in [0, 0.1) is 6.92 Å². The van der Waals surface area contributed by atoms with Crippen molar-refractivity contribution in [2.75, 3.05) is 30.1 Å². The van der Waals surface area contributed by atoms with Crippen LogP contribution in [0.15, 0.2) is 6.07 Å². The highest BCUT2D eigenvalue weighted by Gasteiger charge is 2.10. The van der Waals surface area contributed by atoms with Crippen molar-refractivity contribution in [2.45, 2.75) is 6.92 Å². The number of sulfonamides is 1. The van der Waals surface area contributed by atoms with Crippen LogP contribution in [-0.2, 0) is 10.0 Å². The van der Waals surface area contributed by atoms with Crippen molar-refractivity contribution >= 4 is 43.3 Å². The number of thiophene rings is 1. The molecule has 0 spiro atoms. The van der Waals surface area contributed by atoms with Gasteiger partial charge in [0.25, 0.3) is 0 Å². The molecule has 0 bridgehead atoms. The molecular formula is C10H16N6O2S2. The normalized spacial score (nSPS) is 11.8. The Morgan fingerprint density at radius 1 is 1.35 bits per heavy atom. The lowest BCUT2D eigenvalue weighted by Crippen LogP contribution is -2.27. The first-order chi connectivity index (χ1) is 9.39. The van der Waals surface area contributed by atoms with Gasteiger partial charge in [-0.05, 0) is 13.0 Å². The molecule has 110 valence electrons. The lowest BCUT2D eigenvalue weighted by atomic mass is 10.3. The second-order valence-corrected chi connectivity index (χ2v) is 7.28. The fourth-order valence-corrected chi connectivity index (χ4v) is 3.01. The van der Waals surface area contributed by atoms with Gasteiger partial charge in [-0.1, -0.05) is 0 Å². The molecule has 0 saturated carbocycles. The van der Waals surface area contributed by atoms with E-state index in [0.29, 0.717) is 18.3 Å². The first-order valence-electron chi connectivity index (χ1n) is 5.82. The van der Waals surface area contributed by atoms with Crippen molar-refractivity contribution in [1.29, 1.82) is 0 Å². The summed E-state index contributed by atoms with van der Waals surface area (Å²) in [5.41, 5.74) is 2.42. The molecule has 2 aromatic rings. The van der Waals surface area contributed by atoms with E-state index in [0.717, 1.165) is 21.3 Å². The smallest absolute Gasteiger partial charge is 0.240 e. The summed E-state index contributed by atoms with van der Waals surface area (Å²) in [6.45, 7) is 2.67. The quantitative estimate of drug-likeness (QED) is 0.342. The van der Waals surface area contributed by atoms with Gasteiger partial charge in [0.1, 0.15) is 10.6 Å². The molecule has 2 aromatic heterocycles. The summed E-state index contributed by atoms with van der Waals surface area (Å²) in [6.07, 6.45) is 1.12. The molecule has 8 nitrogen and oxygen atoms in total. The number of aryl methyl sites for hydroxylation is 1. The van der Waals surface area contributed by atoms with E-state index in [1.54, 1.807) is 11.3 Å². The van der Waals surface area contributed by atoms with Gasteiger partial charge in [-0.15, -0.1) is 11.3 Å². The highest BCUT2D eigenvalue weighted by Crippen LogP contribution is 2.29. The Morgan fingerprint density at radius 3 is 2.75 bits per heavy atom. The SMILES string of the molecule is Cc1cc2c(NCCNS(C)(=O)=O)nc(NN)nc2s1. The summed E-state index contributed by atoms with van der Waals surface area (Å²) in [5, 5.41) is 3.98. The number of aromatic nitrogens is 2. The van der Waals surface area contributed by atoms with Crippen LogP contribution in [0.4, 0.5) is 11.8 Å². The van der Waals surface area contributed by atoms with Crippen molar-refractivity contribution < 1.29 is 8.42 Å². The average molecular weight is 316 g/mol. The van der Waals surface area contributed by atoms with Crippen LogP contribution in [0.3, 0.4) is 0 Å². The van der Waals surface area contributed by atoms with Gasteiger partial charge in [0.15, 0.2) is 0 Å². The minimum absolute atomic E-state index is 0.277. The summed E-state index contributed by atoms with van der Waals surface area (Å²) < 4.78 is 24.3. The summed E-state index contributed by atoms with van der Waals surface area (Å²) in [6, 6.07) is 1.98. The molecule has 5 N–H and O–H groups in total. The Hall–Kier alpha value is -1.49. The van der Waals surface area contributed by atoms with E-state index in [1.807, 2.05) is 13.0 Å². The standard InChI is InChI=1S/C10H16N6O2S2/c1-6-5-7-8(12-3-4-13-20(2,17)18)14-10(16-11)15-9(7)19-6/h5,13H,3-4,11H2,1-2H3,(H2,12,14,15,16). The number of fused-ring (bicyclic) bond motifs is 1. The maximum atomic E-state index is 11.0. The molecule has 0 aliphatic carbocycles. The van der Waals surface area contributed by atoms with Crippen molar-refractivity contribution in [3.63, 3.8) is 0 Å². The van der Waals surface area contributed by atoms with E-state index in [4.69, 9.17) is 5.84 Å². The van der Waals surface area contributed by atoms with Gasteiger partial charge in [-0.2, -0.15) is 4.98 Å². The van der Waals surface area contributed by atoms with Crippen molar-refractivity contribution in [3.05, 3.63) is 10.9 Å². The maximum absolute atomic E-state index is 11.0. The number of nitrogen functional groups attached to an aromatic ring is 1. The fraction of sp³-hybridized carbons (Fsp3) is 0.400. The fourth-order valence-electron chi connectivity index (χ4n) is 1.66. The third-order valence-corrected chi connectivity index (χ3v) is 4.10. The Labute approximate surface area is 120 Å². The third-order valence-electron chi connectivity index (χ3n) is 2.43. The van der Waals surface area contributed by atoms with Crippen LogP contribution in [0.25, 0.3) is 10.2 Å². The molecule has 0 aromatic carbocycles. The second-order valence-electron chi connectivity index (χ2n) is 4.21. The average Bonchev–Trinajstić information content (AvgIpc) is 2.73. The van der Waals surface area contributed by atoms with Gasteiger partial charge >= 0.3 is 0 Å². The lowest BCUT2D eigenvalue weighted by molar-refractivity contribution is 0.589. The number of anilines is 2. The summed E-state index contributed by atoms with van der Waals surface area (Å²) >= 11 is 1.54. The van der Waals surface area contributed by atoms with E-state index in [1.165, 1.54) is 0 Å². The Kier molecular flexibility index (Phi) is 4.38. The Morgan fingerprint density at radius 2 is 2.10 bits per heavy atom. The minimum Gasteiger partial charge on any atom is -0.368 e. The minimum atomic E-state index is -3.18. The Bertz CT molecular complexity index is 712. The van der Waals surface area contributed by atoms with Crippen LogP contribution < -0.4 is 21.3 Å². The van der Waals surface area contributed by atoms with Crippen LogP contribution in [-0.4, -0.2) is 37.7 Å². The number of nitrogens with zero attached hydrogens (tertiary/aromatic N) is 2. The first-order valence-corrected chi connectivity index (χ1v) is 8.53. The third kappa shape index (κ3) is 3.76.